The number of carbonyl (C=O) groups excluding carboxylic acids is 1. The third kappa shape index (κ3) is 4.65. The number of carbonyl (C=O) groups is 2. The van der Waals surface area contributed by atoms with Crippen LogP contribution in [0.4, 0.5) is 0 Å². The molecular formula is C22H24ClNO4. The Morgan fingerprint density at radius 2 is 1.75 bits per heavy atom. The van der Waals surface area contributed by atoms with E-state index in [0.717, 1.165) is 18.4 Å². The number of benzene rings is 2. The SMILES string of the molecule is CC(C)(Oc1cccc(C2CCN(C(=O)c3ccc(Cl)cc3)CC2)c1)C(=O)O. The van der Waals surface area contributed by atoms with Crippen LogP contribution in [-0.4, -0.2) is 40.6 Å². The van der Waals surface area contributed by atoms with Gasteiger partial charge in [-0.15, -0.1) is 0 Å². The Morgan fingerprint density at radius 1 is 1.11 bits per heavy atom. The molecule has 1 saturated heterocycles. The number of hydrogen-bond donors (Lipinski definition) is 1. The topological polar surface area (TPSA) is 66.8 Å². The molecule has 0 radical (unpaired) electrons. The zero-order valence-electron chi connectivity index (χ0n) is 16.0. The maximum absolute atomic E-state index is 12.6. The van der Waals surface area contributed by atoms with Gasteiger partial charge in [-0.2, -0.15) is 0 Å². The fourth-order valence-electron chi connectivity index (χ4n) is 3.36. The Bertz CT molecular complexity index is 855. The van der Waals surface area contributed by atoms with E-state index in [9.17, 15) is 14.7 Å². The number of likely N-dealkylation sites (tertiary alicyclic amines) is 1. The first kappa shape index (κ1) is 20.2. The lowest BCUT2D eigenvalue weighted by Crippen LogP contribution is -2.38. The zero-order chi connectivity index (χ0) is 20.3. The van der Waals surface area contributed by atoms with Gasteiger partial charge < -0.3 is 14.7 Å². The van der Waals surface area contributed by atoms with Gasteiger partial charge in [-0.3, -0.25) is 4.79 Å². The summed E-state index contributed by atoms with van der Waals surface area (Å²) < 4.78 is 5.65. The highest BCUT2D eigenvalue weighted by Crippen LogP contribution is 2.31. The number of rotatable bonds is 5. The molecule has 28 heavy (non-hydrogen) atoms. The van der Waals surface area contributed by atoms with Crippen LogP contribution < -0.4 is 4.74 Å². The molecule has 3 rings (SSSR count). The van der Waals surface area contributed by atoms with Crippen molar-refractivity contribution in [2.75, 3.05) is 13.1 Å². The summed E-state index contributed by atoms with van der Waals surface area (Å²) in [5.41, 5.74) is 0.471. The second-order valence-electron chi connectivity index (χ2n) is 7.56. The molecule has 0 aliphatic carbocycles. The van der Waals surface area contributed by atoms with E-state index in [1.807, 2.05) is 23.1 Å². The third-order valence-corrected chi connectivity index (χ3v) is 5.34. The summed E-state index contributed by atoms with van der Waals surface area (Å²) in [5, 5.41) is 9.86. The first-order valence-corrected chi connectivity index (χ1v) is 9.71. The van der Waals surface area contributed by atoms with E-state index in [-0.39, 0.29) is 5.91 Å². The van der Waals surface area contributed by atoms with Gasteiger partial charge in [-0.05, 0) is 74.6 Å². The first-order chi connectivity index (χ1) is 13.3. The zero-order valence-corrected chi connectivity index (χ0v) is 16.8. The molecule has 0 bridgehead atoms. The van der Waals surface area contributed by atoms with Crippen LogP contribution in [0.1, 0.15) is 48.5 Å². The highest BCUT2D eigenvalue weighted by Gasteiger charge is 2.30. The molecule has 1 aliphatic rings. The number of aliphatic carboxylic acids is 1. The largest absolute Gasteiger partial charge is 0.478 e. The van der Waals surface area contributed by atoms with Gasteiger partial charge in [0.05, 0.1) is 0 Å². The van der Waals surface area contributed by atoms with Gasteiger partial charge in [0.25, 0.3) is 5.91 Å². The molecule has 148 valence electrons. The number of hydrogen-bond acceptors (Lipinski definition) is 3. The van der Waals surface area contributed by atoms with E-state index < -0.39 is 11.6 Å². The highest BCUT2D eigenvalue weighted by molar-refractivity contribution is 6.30. The van der Waals surface area contributed by atoms with Crippen molar-refractivity contribution in [2.24, 2.45) is 0 Å². The number of ether oxygens (including phenoxy) is 1. The number of carboxylic acid groups (broad SMARTS) is 1. The Morgan fingerprint density at radius 3 is 2.36 bits per heavy atom. The predicted molar refractivity (Wildman–Crippen MR) is 108 cm³/mol. The van der Waals surface area contributed by atoms with Crippen molar-refractivity contribution in [3.63, 3.8) is 0 Å². The minimum Gasteiger partial charge on any atom is -0.478 e. The first-order valence-electron chi connectivity index (χ1n) is 9.33. The Labute approximate surface area is 169 Å². The van der Waals surface area contributed by atoms with Crippen LogP contribution in [0.5, 0.6) is 5.75 Å². The molecule has 0 aromatic heterocycles. The van der Waals surface area contributed by atoms with E-state index in [1.165, 1.54) is 13.8 Å². The van der Waals surface area contributed by atoms with Crippen molar-refractivity contribution in [1.29, 1.82) is 0 Å². The smallest absolute Gasteiger partial charge is 0.347 e. The van der Waals surface area contributed by atoms with Crippen molar-refractivity contribution in [3.8, 4) is 5.75 Å². The standard InChI is InChI=1S/C22H24ClNO4/c1-22(2,21(26)27)28-19-5-3-4-17(14-19)15-10-12-24(13-11-15)20(25)16-6-8-18(23)9-7-16/h3-9,14-15H,10-13H2,1-2H3,(H,26,27). The molecule has 1 N–H and O–H groups in total. The van der Waals surface area contributed by atoms with Crippen molar-refractivity contribution in [2.45, 2.75) is 38.2 Å². The van der Waals surface area contributed by atoms with E-state index >= 15 is 0 Å². The average molecular weight is 402 g/mol. The van der Waals surface area contributed by atoms with Crippen molar-refractivity contribution < 1.29 is 19.4 Å². The molecule has 0 saturated carbocycles. The minimum absolute atomic E-state index is 0.0235. The van der Waals surface area contributed by atoms with Gasteiger partial charge in [0.1, 0.15) is 5.75 Å². The number of halogens is 1. The van der Waals surface area contributed by atoms with E-state index in [2.05, 4.69) is 0 Å². The molecule has 1 fully saturated rings. The van der Waals surface area contributed by atoms with Gasteiger partial charge >= 0.3 is 5.97 Å². The van der Waals surface area contributed by atoms with Crippen LogP contribution in [0.25, 0.3) is 0 Å². The van der Waals surface area contributed by atoms with Gasteiger partial charge in [-0.25, -0.2) is 4.79 Å². The lowest BCUT2D eigenvalue weighted by Gasteiger charge is -2.32. The fourth-order valence-corrected chi connectivity index (χ4v) is 3.49. The minimum atomic E-state index is -1.28. The fraction of sp³-hybridized carbons (Fsp3) is 0.364. The molecule has 6 heteroatoms. The molecular weight excluding hydrogens is 378 g/mol. The second-order valence-corrected chi connectivity index (χ2v) is 8.00. The predicted octanol–water partition coefficient (Wildman–Crippen LogP) is 4.60. The summed E-state index contributed by atoms with van der Waals surface area (Å²) in [5.74, 6) is -0.127. The van der Waals surface area contributed by atoms with Gasteiger partial charge in [-0.1, -0.05) is 23.7 Å². The maximum atomic E-state index is 12.6. The lowest BCUT2D eigenvalue weighted by molar-refractivity contribution is -0.152. The average Bonchev–Trinajstić information content (AvgIpc) is 2.68. The molecule has 2 aromatic rings. The molecule has 0 atom stereocenters. The van der Waals surface area contributed by atoms with E-state index in [4.69, 9.17) is 16.3 Å². The molecule has 1 aliphatic heterocycles. The Kier molecular flexibility index (Phi) is 5.94. The number of nitrogens with zero attached hydrogens (tertiary/aromatic N) is 1. The van der Waals surface area contributed by atoms with Crippen LogP contribution in [0.15, 0.2) is 48.5 Å². The summed E-state index contributed by atoms with van der Waals surface area (Å²) in [4.78, 5) is 25.8. The van der Waals surface area contributed by atoms with Crippen LogP contribution in [0.3, 0.4) is 0 Å². The van der Waals surface area contributed by atoms with Gasteiger partial charge in [0, 0.05) is 23.7 Å². The van der Waals surface area contributed by atoms with Crippen molar-refractivity contribution in [1.82, 2.24) is 4.90 Å². The third-order valence-electron chi connectivity index (χ3n) is 5.09. The van der Waals surface area contributed by atoms with Crippen LogP contribution in [0, 0.1) is 0 Å². The molecule has 1 amide bonds. The Hall–Kier alpha value is -2.53. The van der Waals surface area contributed by atoms with Crippen LogP contribution >= 0.6 is 11.6 Å². The lowest BCUT2D eigenvalue weighted by atomic mass is 9.89. The van der Waals surface area contributed by atoms with Crippen LogP contribution in [0.2, 0.25) is 5.02 Å². The second kappa shape index (κ2) is 8.23. The summed E-state index contributed by atoms with van der Waals surface area (Å²) in [6.07, 6.45) is 1.70. The summed E-state index contributed by atoms with van der Waals surface area (Å²) in [6, 6.07) is 14.6. The Balaban J connectivity index is 1.63. The van der Waals surface area contributed by atoms with E-state index in [1.54, 1.807) is 30.3 Å². The monoisotopic (exact) mass is 401 g/mol. The van der Waals surface area contributed by atoms with Gasteiger partial charge in [0.2, 0.25) is 0 Å². The van der Waals surface area contributed by atoms with E-state index in [0.29, 0.717) is 35.3 Å². The molecule has 0 unspecified atom stereocenters. The molecule has 0 spiro atoms. The normalized spacial score (nSPS) is 15.3. The van der Waals surface area contributed by atoms with Crippen LogP contribution in [-0.2, 0) is 4.79 Å². The number of amides is 1. The van der Waals surface area contributed by atoms with Gasteiger partial charge in [0.15, 0.2) is 5.60 Å². The highest BCUT2D eigenvalue weighted by atomic mass is 35.5. The number of piperidine rings is 1. The molecule has 1 heterocycles. The molecule has 5 nitrogen and oxygen atoms in total. The number of carboxylic acids is 1. The summed E-state index contributed by atoms with van der Waals surface area (Å²) in [7, 11) is 0. The summed E-state index contributed by atoms with van der Waals surface area (Å²) in [6.45, 7) is 4.42. The maximum Gasteiger partial charge on any atom is 0.347 e. The quantitative estimate of drug-likeness (QED) is 0.794. The molecule has 2 aromatic carbocycles. The summed E-state index contributed by atoms with van der Waals surface area (Å²) >= 11 is 5.89. The van der Waals surface area contributed by atoms with Crippen molar-refractivity contribution in [3.05, 3.63) is 64.7 Å². The van der Waals surface area contributed by atoms with Crippen molar-refractivity contribution >= 4 is 23.5 Å².